The molecule has 78 valence electrons. The maximum Gasteiger partial charge on any atom is 0.328 e. The molecule has 0 aliphatic rings. The van der Waals surface area contributed by atoms with Crippen LogP contribution >= 0.6 is 12.2 Å². The van der Waals surface area contributed by atoms with Crippen LogP contribution in [0.2, 0.25) is 0 Å². The second-order valence-corrected chi connectivity index (χ2v) is 4.02. The quantitative estimate of drug-likeness (QED) is 0.756. The van der Waals surface area contributed by atoms with Gasteiger partial charge in [0.1, 0.15) is 0 Å². The van der Waals surface area contributed by atoms with E-state index in [1.54, 1.807) is 21.5 Å². The van der Waals surface area contributed by atoms with Gasteiger partial charge in [0.05, 0.1) is 4.99 Å². The number of thiocarbonyl (C=S) groups is 1. The number of rotatable bonds is 4. The third kappa shape index (κ3) is 2.45. The summed E-state index contributed by atoms with van der Waals surface area (Å²) in [6.07, 6.45) is 4.12. The fourth-order valence-corrected chi connectivity index (χ4v) is 1.31. The summed E-state index contributed by atoms with van der Waals surface area (Å²) in [5.74, 6) is 0. The third-order valence-corrected chi connectivity index (χ3v) is 2.23. The topological polar surface area (TPSA) is 52.9 Å². The number of aryl methyl sites for hydroxylation is 1. The Balaban J connectivity index is 2.80. The van der Waals surface area contributed by atoms with E-state index in [1.807, 2.05) is 13.8 Å². The molecule has 0 unspecified atom stereocenters. The Morgan fingerprint density at radius 1 is 1.57 bits per heavy atom. The fraction of sp³-hybridized carbons (Fsp3) is 0.556. The summed E-state index contributed by atoms with van der Waals surface area (Å²) in [6.45, 7) is 4.51. The van der Waals surface area contributed by atoms with E-state index in [0.717, 1.165) is 0 Å². The molecule has 0 radical (unpaired) electrons. The summed E-state index contributed by atoms with van der Waals surface area (Å²) in [4.78, 5) is 12.1. The Labute approximate surface area is 88.3 Å². The minimum Gasteiger partial charge on any atom is -0.393 e. The van der Waals surface area contributed by atoms with Crippen LogP contribution in [0.25, 0.3) is 0 Å². The number of imidazole rings is 1. The van der Waals surface area contributed by atoms with Gasteiger partial charge in [0, 0.05) is 31.4 Å². The van der Waals surface area contributed by atoms with Crippen molar-refractivity contribution in [2.45, 2.75) is 32.9 Å². The summed E-state index contributed by atoms with van der Waals surface area (Å²) in [5, 5.41) is 0. The lowest BCUT2D eigenvalue weighted by molar-refractivity contribution is 0.554. The van der Waals surface area contributed by atoms with Crippen LogP contribution in [0.3, 0.4) is 0 Å². The van der Waals surface area contributed by atoms with E-state index in [1.165, 1.54) is 0 Å². The maximum absolute atomic E-state index is 11.7. The van der Waals surface area contributed by atoms with Gasteiger partial charge < -0.3 is 5.73 Å². The van der Waals surface area contributed by atoms with Crippen molar-refractivity contribution in [2.24, 2.45) is 5.73 Å². The van der Waals surface area contributed by atoms with Gasteiger partial charge in [-0.2, -0.15) is 0 Å². The molecule has 0 fully saturated rings. The normalized spacial score (nSPS) is 10.8. The Morgan fingerprint density at radius 3 is 2.64 bits per heavy atom. The molecule has 0 saturated heterocycles. The van der Waals surface area contributed by atoms with Crippen molar-refractivity contribution in [3.05, 3.63) is 22.9 Å². The SMILES string of the molecule is CC(C)n1ccn(CCC(N)=S)c1=O. The Hall–Kier alpha value is -1.10. The molecule has 2 N–H and O–H groups in total. The Morgan fingerprint density at radius 2 is 2.21 bits per heavy atom. The fourth-order valence-electron chi connectivity index (χ4n) is 1.22. The van der Waals surface area contributed by atoms with Crippen LogP contribution in [0.4, 0.5) is 0 Å². The van der Waals surface area contributed by atoms with Crippen LogP contribution < -0.4 is 11.4 Å². The van der Waals surface area contributed by atoms with Crippen molar-refractivity contribution in [3.63, 3.8) is 0 Å². The number of aromatic nitrogens is 2. The van der Waals surface area contributed by atoms with Crippen LogP contribution in [-0.2, 0) is 6.54 Å². The van der Waals surface area contributed by atoms with Gasteiger partial charge in [0.25, 0.3) is 0 Å². The van der Waals surface area contributed by atoms with Crippen molar-refractivity contribution in [3.8, 4) is 0 Å². The first-order chi connectivity index (χ1) is 6.52. The molecule has 0 saturated carbocycles. The van der Waals surface area contributed by atoms with E-state index in [-0.39, 0.29) is 11.7 Å². The Bertz CT molecular complexity index is 378. The molecule has 0 atom stereocenters. The van der Waals surface area contributed by atoms with E-state index in [4.69, 9.17) is 18.0 Å². The van der Waals surface area contributed by atoms with Crippen molar-refractivity contribution < 1.29 is 0 Å². The van der Waals surface area contributed by atoms with Crippen LogP contribution in [0.5, 0.6) is 0 Å². The van der Waals surface area contributed by atoms with Gasteiger partial charge in [-0.3, -0.25) is 9.13 Å². The van der Waals surface area contributed by atoms with E-state index in [2.05, 4.69) is 0 Å². The predicted molar refractivity (Wildman–Crippen MR) is 60.5 cm³/mol. The van der Waals surface area contributed by atoms with E-state index in [9.17, 15) is 4.79 Å². The lowest BCUT2D eigenvalue weighted by Gasteiger charge is -2.04. The van der Waals surface area contributed by atoms with Crippen LogP contribution in [0, 0.1) is 0 Å². The lowest BCUT2D eigenvalue weighted by Crippen LogP contribution is -2.26. The Kier molecular flexibility index (Phi) is 3.46. The lowest BCUT2D eigenvalue weighted by atomic mass is 10.4. The summed E-state index contributed by atoms with van der Waals surface area (Å²) < 4.78 is 3.30. The summed E-state index contributed by atoms with van der Waals surface area (Å²) in [5.41, 5.74) is 5.36. The monoisotopic (exact) mass is 213 g/mol. The molecule has 0 aromatic carbocycles. The van der Waals surface area contributed by atoms with Crippen molar-refractivity contribution in [2.75, 3.05) is 0 Å². The second kappa shape index (κ2) is 4.41. The molecule has 0 aliphatic carbocycles. The first kappa shape index (κ1) is 11.0. The molecule has 1 aromatic rings. The first-order valence-corrected chi connectivity index (χ1v) is 4.98. The largest absolute Gasteiger partial charge is 0.393 e. The van der Waals surface area contributed by atoms with Gasteiger partial charge in [0.2, 0.25) is 0 Å². The van der Waals surface area contributed by atoms with Crippen molar-refractivity contribution in [1.29, 1.82) is 0 Å². The molecule has 4 nitrogen and oxygen atoms in total. The standard InChI is InChI=1S/C9H15N3OS/c1-7(2)12-6-5-11(9(12)13)4-3-8(10)14/h5-7H,3-4H2,1-2H3,(H2,10,14). The molecule has 0 amide bonds. The van der Waals surface area contributed by atoms with Gasteiger partial charge in [-0.25, -0.2) is 4.79 Å². The average molecular weight is 213 g/mol. The summed E-state index contributed by atoms with van der Waals surface area (Å²) in [7, 11) is 0. The van der Waals surface area contributed by atoms with Gasteiger partial charge >= 0.3 is 5.69 Å². The second-order valence-electron chi connectivity index (χ2n) is 3.49. The molecule has 14 heavy (non-hydrogen) atoms. The van der Waals surface area contributed by atoms with E-state index in [0.29, 0.717) is 18.0 Å². The number of nitrogens with zero attached hydrogens (tertiary/aromatic N) is 2. The zero-order valence-corrected chi connectivity index (χ0v) is 9.25. The number of hydrogen-bond acceptors (Lipinski definition) is 2. The van der Waals surface area contributed by atoms with Crippen molar-refractivity contribution in [1.82, 2.24) is 9.13 Å². The molecule has 0 bridgehead atoms. The molecular formula is C9H15N3OS. The van der Waals surface area contributed by atoms with Crippen LogP contribution in [0.1, 0.15) is 26.3 Å². The first-order valence-electron chi connectivity index (χ1n) is 4.58. The van der Waals surface area contributed by atoms with Crippen LogP contribution in [0.15, 0.2) is 17.2 Å². The smallest absolute Gasteiger partial charge is 0.328 e. The minimum absolute atomic E-state index is 0.00347. The van der Waals surface area contributed by atoms with E-state index >= 15 is 0 Å². The predicted octanol–water partition coefficient (Wildman–Crippen LogP) is 0.907. The van der Waals surface area contributed by atoms with Gasteiger partial charge in [0.15, 0.2) is 0 Å². The molecule has 1 aromatic heterocycles. The molecule has 0 spiro atoms. The van der Waals surface area contributed by atoms with Gasteiger partial charge in [-0.1, -0.05) is 12.2 Å². The average Bonchev–Trinajstić information content (AvgIpc) is 2.43. The molecule has 1 heterocycles. The number of hydrogen-bond donors (Lipinski definition) is 1. The highest BCUT2D eigenvalue weighted by Gasteiger charge is 2.05. The summed E-state index contributed by atoms with van der Waals surface area (Å²) in [6, 6.07) is 0.188. The summed E-state index contributed by atoms with van der Waals surface area (Å²) >= 11 is 4.75. The zero-order chi connectivity index (χ0) is 10.7. The molecular weight excluding hydrogens is 198 g/mol. The van der Waals surface area contributed by atoms with Crippen LogP contribution in [-0.4, -0.2) is 14.1 Å². The minimum atomic E-state index is -0.00347. The van der Waals surface area contributed by atoms with Crippen molar-refractivity contribution >= 4 is 17.2 Å². The highest BCUT2D eigenvalue weighted by atomic mass is 32.1. The molecule has 1 rings (SSSR count). The van der Waals surface area contributed by atoms with Gasteiger partial charge in [-0.05, 0) is 13.8 Å². The highest BCUT2D eigenvalue weighted by Crippen LogP contribution is 1.99. The van der Waals surface area contributed by atoms with E-state index < -0.39 is 0 Å². The maximum atomic E-state index is 11.7. The zero-order valence-electron chi connectivity index (χ0n) is 8.43. The highest BCUT2D eigenvalue weighted by molar-refractivity contribution is 7.80. The molecule has 5 heteroatoms. The molecule has 0 aliphatic heterocycles. The van der Waals surface area contributed by atoms with Gasteiger partial charge in [-0.15, -0.1) is 0 Å². The third-order valence-electron chi connectivity index (χ3n) is 2.03. The number of nitrogens with two attached hydrogens (primary N) is 1.